The second-order valence-electron chi connectivity index (χ2n) is 10.6. The lowest BCUT2D eigenvalue weighted by molar-refractivity contribution is -0.140. The van der Waals surface area contributed by atoms with Crippen LogP contribution in [0.2, 0.25) is 5.02 Å². The van der Waals surface area contributed by atoms with Gasteiger partial charge >= 0.3 is 10.2 Å². The van der Waals surface area contributed by atoms with Gasteiger partial charge in [-0.05, 0) is 60.4 Å². The maximum atomic E-state index is 14.2. The summed E-state index contributed by atoms with van der Waals surface area (Å²) in [4.78, 5) is 29.5. The standard InChI is InChI=1S/C31H36ClFN4O4S/c1-35(2)42(40,41)37(28-18-16-26(33)17-19-28)22-30(38)36(21-24-12-14-25(32)15-13-24)29(20-23-8-4-3-5-9-23)31(39)34-27-10-6-7-11-27/h3-5,8-9,12-19,27,29H,6-7,10-11,20-22H2,1-2H3,(H,34,39)/t29-/m0/s1. The fraction of sp³-hybridized carbons (Fsp3) is 0.355. The molecule has 0 aromatic heterocycles. The molecule has 1 saturated carbocycles. The number of hydrogen-bond donors (Lipinski definition) is 1. The van der Waals surface area contributed by atoms with Crippen molar-refractivity contribution in [1.29, 1.82) is 0 Å². The van der Waals surface area contributed by atoms with Crippen molar-refractivity contribution in [2.45, 2.75) is 50.7 Å². The third kappa shape index (κ3) is 8.08. The molecule has 224 valence electrons. The summed E-state index contributed by atoms with van der Waals surface area (Å²) in [6, 6.07) is 20.3. The molecule has 0 unspecified atom stereocenters. The first-order valence-corrected chi connectivity index (χ1v) is 15.7. The van der Waals surface area contributed by atoms with Gasteiger partial charge in [0.05, 0.1) is 5.69 Å². The lowest BCUT2D eigenvalue weighted by Crippen LogP contribution is -2.55. The molecule has 0 saturated heterocycles. The Bertz CT molecular complexity index is 1450. The monoisotopic (exact) mass is 614 g/mol. The fourth-order valence-electron chi connectivity index (χ4n) is 5.03. The topological polar surface area (TPSA) is 90.0 Å². The molecule has 0 aliphatic heterocycles. The molecule has 1 aliphatic rings. The van der Waals surface area contributed by atoms with Crippen molar-refractivity contribution < 1.29 is 22.4 Å². The van der Waals surface area contributed by atoms with Crippen molar-refractivity contribution in [2.75, 3.05) is 24.9 Å². The zero-order valence-corrected chi connectivity index (χ0v) is 25.3. The second-order valence-corrected chi connectivity index (χ2v) is 13.1. The van der Waals surface area contributed by atoms with Crippen molar-refractivity contribution >= 4 is 39.3 Å². The normalized spacial score (nSPS) is 14.5. The van der Waals surface area contributed by atoms with E-state index in [1.807, 2.05) is 30.3 Å². The Hall–Kier alpha value is -3.47. The van der Waals surface area contributed by atoms with E-state index in [1.165, 1.54) is 31.1 Å². The van der Waals surface area contributed by atoms with Gasteiger partial charge in [-0.2, -0.15) is 12.7 Å². The summed E-state index contributed by atoms with van der Waals surface area (Å²) in [5.74, 6) is -1.41. The Morgan fingerprint density at radius 3 is 2.14 bits per heavy atom. The lowest BCUT2D eigenvalue weighted by atomic mass is 10.0. The molecule has 1 N–H and O–H groups in total. The summed E-state index contributed by atoms with van der Waals surface area (Å²) >= 11 is 6.10. The first kappa shape index (κ1) is 31.5. The van der Waals surface area contributed by atoms with Crippen LogP contribution in [-0.4, -0.2) is 62.2 Å². The van der Waals surface area contributed by atoms with Gasteiger partial charge in [0.15, 0.2) is 0 Å². The number of halogens is 2. The summed E-state index contributed by atoms with van der Waals surface area (Å²) in [7, 11) is -1.44. The summed E-state index contributed by atoms with van der Waals surface area (Å²) in [5.41, 5.74) is 1.71. The number of amides is 2. The number of nitrogens with one attached hydrogen (secondary N) is 1. The average Bonchev–Trinajstić information content (AvgIpc) is 3.48. The molecule has 4 rings (SSSR count). The maximum Gasteiger partial charge on any atom is 0.304 e. The maximum absolute atomic E-state index is 14.2. The molecule has 42 heavy (non-hydrogen) atoms. The predicted molar refractivity (Wildman–Crippen MR) is 163 cm³/mol. The Morgan fingerprint density at radius 1 is 0.929 bits per heavy atom. The minimum Gasteiger partial charge on any atom is -0.352 e. The van der Waals surface area contributed by atoms with Crippen molar-refractivity contribution in [2.24, 2.45) is 0 Å². The van der Waals surface area contributed by atoms with Crippen LogP contribution in [0.3, 0.4) is 0 Å². The van der Waals surface area contributed by atoms with Gasteiger partial charge in [-0.15, -0.1) is 0 Å². The number of hydrogen-bond acceptors (Lipinski definition) is 4. The lowest BCUT2D eigenvalue weighted by Gasteiger charge is -2.35. The molecule has 3 aromatic carbocycles. The molecule has 3 aromatic rings. The van der Waals surface area contributed by atoms with Gasteiger partial charge in [-0.25, -0.2) is 8.70 Å². The molecule has 2 amide bonds. The fourth-order valence-corrected chi connectivity index (χ4v) is 6.21. The SMILES string of the molecule is CN(C)S(=O)(=O)N(CC(=O)N(Cc1ccc(Cl)cc1)[C@@H](Cc1ccccc1)C(=O)NC1CCCC1)c1ccc(F)cc1. The van der Waals surface area contributed by atoms with Crippen LogP contribution in [0, 0.1) is 5.82 Å². The van der Waals surface area contributed by atoms with Crippen LogP contribution in [0.1, 0.15) is 36.8 Å². The minimum absolute atomic E-state index is 0.0214. The molecular weight excluding hydrogens is 579 g/mol. The summed E-state index contributed by atoms with van der Waals surface area (Å²) in [6.07, 6.45) is 4.02. The zero-order chi connectivity index (χ0) is 30.3. The molecule has 8 nitrogen and oxygen atoms in total. The van der Waals surface area contributed by atoms with E-state index in [2.05, 4.69) is 5.32 Å². The Balaban J connectivity index is 1.74. The van der Waals surface area contributed by atoms with Crippen LogP contribution >= 0.6 is 11.6 Å². The van der Waals surface area contributed by atoms with Gasteiger partial charge in [0.25, 0.3) is 0 Å². The van der Waals surface area contributed by atoms with E-state index in [0.717, 1.165) is 57.6 Å². The van der Waals surface area contributed by atoms with Gasteiger partial charge in [-0.3, -0.25) is 9.59 Å². The van der Waals surface area contributed by atoms with Crippen LogP contribution in [0.25, 0.3) is 0 Å². The first-order chi connectivity index (χ1) is 20.0. The zero-order valence-electron chi connectivity index (χ0n) is 23.7. The minimum atomic E-state index is -4.16. The van der Waals surface area contributed by atoms with Gasteiger partial charge in [0.1, 0.15) is 18.4 Å². The van der Waals surface area contributed by atoms with Crippen LogP contribution in [0.4, 0.5) is 10.1 Å². The van der Waals surface area contributed by atoms with E-state index < -0.39 is 34.5 Å². The van der Waals surface area contributed by atoms with Crippen molar-refractivity contribution in [3.8, 4) is 0 Å². The van der Waals surface area contributed by atoms with Gasteiger partial charge < -0.3 is 10.2 Å². The predicted octanol–water partition coefficient (Wildman–Crippen LogP) is 4.79. The quantitative estimate of drug-likeness (QED) is 0.318. The van der Waals surface area contributed by atoms with E-state index in [-0.39, 0.29) is 30.6 Å². The van der Waals surface area contributed by atoms with Gasteiger partial charge in [-0.1, -0.05) is 66.9 Å². The highest BCUT2D eigenvalue weighted by Crippen LogP contribution is 2.24. The van der Waals surface area contributed by atoms with E-state index >= 15 is 0 Å². The summed E-state index contributed by atoms with van der Waals surface area (Å²) < 4.78 is 42.4. The van der Waals surface area contributed by atoms with Crippen LogP contribution in [0.15, 0.2) is 78.9 Å². The van der Waals surface area contributed by atoms with Crippen molar-refractivity contribution in [3.05, 3.63) is 101 Å². The van der Waals surface area contributed by atoms with E-state index in [9.17, 15) is 22.4 Å². The highest BCUT2D eigenvalue weighted by atomic mass is 35.5. The molecule has 0 heterocycles. The highest BCUT2D eigenvalue weighted by Gasteiger charge is 2.35. The van der Waals surface area contributed by atoms with Crippen LogP contribution in [0.5, 0.6) is 0 Å². The number of carbonyl (C=O) groups excluding carboxylic acids is 2. The number of carbonyl (C=O) groups is 2. The molecule has 1 atom stereocenters. The first-order valence-electron chi connectivity index (χ1n) is 13.9. The van der Waals surface area contributed by atoms with Gasteiger partial charge in [0, 0.05) is 38.1 Å². The Labute approximate surface area is 252 Å². The van der Waals surface area contributed by atoms with Gasteiger partial charge in [0.2, 0.25) is 11.8 Å². The smallest absolute Gasteiger partial charge is 0.304 e. The van der Waals surface area contributed by atoms with E-state index in [4.69, 9.17) is 11.6 Å². The molecule has 1 aliphatic carbocycles. The Morgan fingerprint density at radius 2 is 1.55 bits per heavy atom. The number of nitrogens with zero attached hydrogens (tertiary/aromatic N) is 3. The molecule has 0 spiro atoms. The third-order valence-electron chi connectivity index (χ3n) is 7.37. The molecular formula is C31H36ClFN4O4S. The number of benzene rings is 3. The number of anilines is 1. The summed E-state index contributed by atoms with van der Waals surface area (Å²) in [6.45, 7) is -0.549. The van der Waals surface area contributed by atoms with Crippen molar-refractivity contribution in [1.82, 2.24) is 14.5 Å². The molecule has 0 bridgehead atoms. The number of rotatable bonds is 12. The highest BCUT2D eigenvalue weighted by molar-refractivity contribution is 7.90. The van der Waals surface area contributed by atoms with E-state index in [0.29, 0.717) is 5.02 Å². The molecule has 0 radical (unpaired) electrons. The average molecular weight is 615 g/mol. The largest absolute Gasteiger partial charge is 0.352 e. The van der Waals surface area contributed by atoms with Crippen LogP contribution < -0.4 is 9.62 Å². The molecule has 1 fully saturated rings. The van der Waals surface area contributed by atoms with Crippen molar-refractivity contribution in [3.63, 3.8) is 0 Å². The third-order valence-corrected chi connectivity index (χ3v) is 9.44. The molecule has 11 heteroatoms. The van der Waals surface area contributed by atoms with Crippen LogP contribution in [-0.2, 0) is 32.8 Å². The second kappa shape index (κ2) is 14.1. The van der Waals surface area contributed by atoms with E-state index in [1.54, 1.807) is 24.3 Å². The summed E-state index contributed by atoms with van der Waals surface area (Å²) in [5, 5.41) is 3.66. The Kier molecular flexibility index (Phi) is 10.6.